The molecule has 0 bridgehead atoms. The van der Waals surface area contributed by atoms with E-state index >= 15 is 0 Å². The number of hydrogen-bond acceptors (Lipinski definition) is 5. The number of rotatable bonds is 5. The standard InChI is InChI=1S/C14H19N3O2/c1-4-19-14(18)12-7-11(16)5-6-13(12)17(3)9-10(2)8-15/h5-7,10H,4,9,16H2,1-3H3. The largest absolute Gasteiger partial charge is 0.462 e. The molecule has 0 saturated carbocycles. The maximum atomic E-state index is 11.9. The number of nitriles is 1. The molecule has 0 heterocycles. The molecule has 1 unspecified atom stereocenters. The molecule has 1 aromatic carbocycles. The minimum Gasteiger partial charge on any atom is -0.462 e. The van der Waals surface area contributed by atoms with Crippen LogP contribution in [0, 0.1) is 17.2 Å². The van der Waals surface area contributed by atoms with Crippen LogP contribution >= 0.6 is 0 Å². The quantitative estimate of drug-likeness (QED) is 0.648. The zero-order valence-electron chi connectivity index (χ0n) is 11.5. The second kappa shape index (κ2) is 6.64. The number of anilines is 2. The van der Waals surface area contributed by atoms with Crippen molar-refractivity contribution in [3.63, 3.8) is 0 Å². The number of nitrogens with zero attached hydrogens (tertiary/aromatic N) is 2. The fourth-order valence-corrected chi connectivity index (χ4v) is 1.81. The molecule has 0 aromatic heterocycles. The van der Waals surface area contributed by atoms with Crippen molar-refractivity contribution in [1.29, 1.82) is 5.26 Å². The van der Waals surface area contributed by atoms with Gasteiger partial charge in [0.2, 0.25) is 0 Å². The van der Waals surface area contributed by atoms with Crippen molar-refractivity contribution in [3.8, 4) is 6.07 Å². The molecule has 0 saturated heterocycles. The van der Waals surface area contributed by atoms with E-state index in [1.54, 1.807) is 25.1 Å². The van der Waals surface area contributed by atoms with Crippen molar-refractivity contribution in [3.05, 3.63) is 23.8 Å². The zero-order valence-corrected chi connectivity index (χ0v) is 11.5. The fraction of sp³-hybridized carbons (Fsp3) is 0.429. The third-order valence-electron chi connectivity index (χ3n) is 2.70. The summed E-state index contributed by atoms with van der Waals surface area (Å²) in [5, 5.41) is 8.85. The van der Waals surface area contributed by atoms with Crippen molar-refractivity contribution < 1.29 is 9.53 Å². The molecule has 1 aromatic rings. The van der Waals surface area contributed by atoms with Crippen LogP contribution in [0.3, 0.4) is 0 Å². The molecular formula is C14H19N3O2. The van der Waals surface area contributed by atoms with Gasteiger partial charge >= 0.3 is 5.97 Å². The van der Waals surface area contributed by atoms with Crippen molar-refractivity contribution in [1.82, 2.24) is 0 Å². The number of benzene rings is 1. The van der Waals surface area contributed by atoms with E-state index in [0.29, 0.717) is 24.4 Å². The average Bonchev–Trinajstić information content (AvgIpc) is 2.38. The van der Waals surface area contributed by atoms with E-state index in [4.69, 9.17) is 15.7 Å². The molecule has 1 rings (SSSR count). The van der Waals surface area contributed by atoms with E-state index in [1.165, 1.54) is 0 Å². The number of nitrogens with two attached hydrogens (primary N) is 1. The monoisotopic (exact) mass is 261 g/mol. The minimum absolute atomic E-state index is 0.127. The summed E-state index contributed by atoms with van der Waals surface area (Å²) in [7, 11) is 1.84. The lowest BCUT2D eigenvalue weighted by Gasteiger charge is -2.23. The molecule has 0 aliphatic rings. The van der Waals surface area contributed by atoms with Gasteiger partial charge in [0, 0.05) is 19.3 Å². The van der Waals surface area contributed by atoms with Gasteiger partial charge in [-0.15, -0.1) is 0 Å². The Morgan fingerprint density at radius 2 is 2.26 bits per heavy atom. The molecule has 0 fully saturated rings. The van der Waals surface area contributed by atoms with Crippen LogP contribution in [0.5, 0.6) is 0 Å². The number of carbonyl (C=O) groups excluding carboxylic acids is 1. The topological polar surface area (TPSA) is 79.3 Å². The van der Waals surface area contributed by atoms with E-state index in [0.717, 1.165) is 5.69 Å². The third kappa shape index (κ3) is 3.88. The second-order valence-corrected chi connectivity index (χ2v) is 4.41. The minimum atomic E-state index is -0.402. The predicted molar refractivity (Wildman–Crippen MR) is 74.9 cm³/mol. The highest BCUT2D eigenvalue weighted by Crippen LogP contribution is 2.24. The number of carbonyl (C=O) groups is 1. The maximum Gasteiger partial charge on any atom is 0.340 e. The Morgan fingerprint density at radius 1 is 1.58 bits per heavy atom. The van der Waals surface area contributed by atoms with Gasteiger partial charge in [-0.3, -0.25) is 0 Å². The van der Waals surface area contributed by atoms with Crippen LogP contribution in [0.15, 0.2) is 18.2 Å². The summed E-state index contributed by atoms with van der Waals surface area (Å²) >= 11 is 0. The molecule has 0 aliphatic carbocycles. The highest BCUT2D eigenvalue weighted by molar-refractivity contribution is 5.97. The van der Waals surface area contributed by atoms with Crippen LogP contribution in [-0.4, -0.2) is 26.2 Å². The van der Waals surface area contributed by atoms with Gasteiger partial charge in [-0.1, -0.05) is 0 Å². The van der Waals surface area contributed by atoms with Gasteiger partial charge in [-0.05, 0) is 32.0 Å². The lowest BCUT2D eigenvalue weighted by atomic mass is 10.1. The molecule has 0 spiro atoms. The van der Waals surface area contributed by atoms with Gasteiger partial charge in [0.05, 0.1) is 29.8 Å². The summed E-state index contributed by atoms with van der Waals surface area (Å²) < 4.78 is 5.02. The molecule has 102 valence electrons. The van der Waals surface area contributed by atoms with Crippen molar-refractivity contribution in [2.75, 3.05) is 30.8 Å². The smallest absolute Gasteiger partial charge is 0.340 e. The summed E-state index contributed by atoms with van der Waals surface area (Å²) in [5.41, 5.74) is 7.36. The Hall–Kier alpha value is -2.22. The van der Waals surface area contributed by atoms with E-state index in [-0.39, 0.29) is 5.92 Å². The van der Waals surface area contributed by atoms with Crippen molar-refractivity contribution >= 4 is 17.3 Å². The molecular weight excluding hydrogens is 242 g/mol. The van der Waals surface area contributed by atoms with Crippen LogP contribution in [0.25, 0.3) is 0 Å². The number of hydrogen-bond donors (Lipinski definition) is 1. The number of ether oxygens (including phenoxy) is 1. The molecule has 0 amide bonds. The van der Waals surface area contributed by atoms with Gasteiger partial charge < -0.3 is 15.4 Å². The van der Waals surface area contributed by atoms with E-state index in [2.05, 4.69) is 6.07 Å². The van der Waals surface area contributed by atoms with Crippen LogP contribution in [0.1, 0.15) is 24.2 Å². The first kappa shape index (κ1) is 14.8. The van der Waals surface area contributed by atoms with Crippen LogP contribution < -0.4 is 10.6 Å². The van der Waals surface area contributed by atoms with Gasteiger partial charge in [0.1, 0.15) is 0 Å². The van der Waals surface area contributed by atoms with Gasteiger partial charge in [-0.25, -0.2) is 4.79 Å². The van der Waals surface area contributed by atoms with Crippen molar-refractivity contribution in [2.24, 2.45) is 5.92 Å². The second-order valence-electron chi connectivity index (χ2n) is 4.41. The Morgan fingerprint density at radius 3 is 2.84 bits per heavy atom. The third-order valence-corrected chi connectivity index (χ3v) is 2.70. The van der Waals surface area contributed by atoms with Crippen LogP contribution in [-0.2, 0) is 4.74 Å². The highest BCUT2D eigenvalue weighted by Gasteiger charge is 2.17. The summed E-state index contributed by atoms with van der Waals surface area (Å²) in [6.07, 6.45) is 0. The maximum absolute atomic E-state index is 11.9. The average molecular weight is 261 g/mol. The molecule has 2 N–H and O–H groups in total. The van der Waals surface area contributed by atoms with E-state index < -0.39 is 5.97 Å². The Labute approximate surface area is 113 Å². The van der Waals surface area contributed by atoms with E-state index in [1.807, 2.05) is 18.9 Å². The SMILES string of the molecule is CCOC(=O)c1cc(N)ccc1N(C)CC(C)C#N. The van der Waals surface area contributed by atoms with Gasteiger partial charge in [0.25, 0.3) is 0 Å². The first-order valence-electron chi connectivity index (χ1n) is 6.17. The van der Waals surface area contributed by atoms with Crippen LogP contribution in [0.4, 0.5) is 11.4 Å². The predicted octanol–water partition coefficient (Wildman–Crippen LogP) is 2.04. The summed E-state index contributed by atoms with van der Waals surface area (Å²) in [5.74, 6) is -0.529. The Balaban J connectivity index is 3.06. The molecule has 0 radical (unpaired) electrons. The molecule has 19 heavy (non-hydrogen) atoms. The summed E-state index contributed by atoms with van der Waals surface area (Å²) in [6, 6.07) is 7.26. The Bertz CT molecular complexity index is 494. The van der Waals surface area contributed by atoms with Crippen LogP contribution in [0.2, 0.25) is 0 Å². The lowest BCUT2D eigenvalue weighted by molar-refractivity contribution is 0.0527. The number of nitrogen functional groups attached to an aromatic ring is 1. The molecule has 0 aliphatic heterocycles. The Kier molecular flexibility index (Phi) is 5.19. The van der Waals surface area contributed by atoms with Crippen molar-refractivity contribution in [2.45, 2.75) is 13.8 Å². The first-order valence-corrected chi connectivity index (χ1v) is 6.17. The van der Waals surface area contributed by atoms with Gasteiger partial charge in [-0.2, -0.15) is 5.26 Å². The fourth-order valence-electron chi connectivity index (χ4n) is 1.81. The summed E-state index contributed by atoms with van der Waals surface area (Å²) in [4.78, 5) is 13.8. The molecule has 1 atom stereocenters. The highest BCUT2D eigenvalue weighted by atomic mass is 16.5. The first-order chi connectivity index (χ1) is 8.99. The molecule has 5 nitrogen and oxygen atoms in total. The van der Waals surface area contributed by atoms with E-state index in [9.17, 15) is 4.79 Å². The number of esters is 1. The molecule has 5 heteroatoms. The zero-order chi connectivity index (χ0) is 14.4. The summed E-state index contributed by atoms with van der Waals surface area (Å²) in [6.45, 7) is 4.43. The van der Waals surface area contributed by atoms with Gasteiger partial charge in [0.15, 0.2) is 0 Å². The normalized spacial score (nSPS) is 11.5. The lowest BCUT2D eigenvalue weighted by Crippen LogP contribution is -2.25.